The second-order valence-electron chi connectivity index (χ2n) is 8.54. The zero-order valence-electron chi connectivity index (χ0n) is 16.8. The average molecular weight is 366 g/mol. The molecule has 5 fully saturated rings. The molecule has 150 valence electrons. The molecule has 4 unspecified atom stereocenters. The van der Waals surface area contributed by atoms with Crippen molar-refractivity contribution in [3.05, 3.63) is 0 Å². The number of hydrogen-bond donors (Lipinski definition) is 3. The topological polar surface area (TPSA) is 49.1 Å². The van der Waals surface area contributed by atoms with Crippen LogP contribution >= 0.6 is 0 Å². The number of likely N-dealkylation sites (tertiary alicyclic amines) is 1. The Balaban J connectivity index is 1.13. The van der Waals surface area contributed by atoms with Gasteiger partial charge in [0, 0.05) is 83.7 Å². The van der Waals surface area contributed by atoms with Crippen LogP contribution in [0.5, 0.6) is 0 Å². The maximum absolute atomic E-state index is 3.75. The van der Waals surface area contributed by atoms with E-state index in [0.29, 0.717) is 12.2 Å². The van der Waals surface area contributed by atoms with Gasteiger partial charge in [-0.15, -0.1) is 0 Å². The Bertz CT molecular complexity index is 434. The average Bonchev–Trinajstić information content (AvgIpc) is 2.63. The Morgan fingerprint density at radius 1 is 1.15 bits per heavy atom. The summed E-state index contributed by atoms with van der Waals surface area (Å²) in [6.07, 6.45) is 3.33. The van der Waals surface area contributed by atoms with Crippen molar-refractivity contribution in [3.8, 4) is 0 Å². The van der Waals surface area contributed by atoms with Gasteiger partial charge in [0.25, 0.3) is 0 Å². The lowest BCUT2D eigenvalue weighted by molar-refractivity contribution is -0.0649. The molecule has 0 spiro atoms. The first-order chi connectivity index (χ1) is 12.8. The largest absolute Gasteiger partial charge is 0.318 e. The van der Waals surface area contributed by atoms with Gasteiger partial charge in [0.15, 0.2) is 0 Å². The van der Waals surface area contributed by atoms with Crippen LogP contribution in [0.4, 0.5) is 0 Å². The summed E-state index contributed by atoms with van der Waals surface area (Å²) in [7, 11) is 2.04. The van der Waals surface area contributed by atoms with Crippen LogP contribution in [0.25, 0.3) is 0 Å². The first kappa shape index (κ1) is 19.1. The molecule has 0 aliphatic carbocycles. The molecule has 5 heterocycles. The summed E-state index contributed by atoms with van der Waals surface area (Å²) < 4.78 is 0. The van der Waals surface area contributed by atoms with E-state index in [4.69, 9.17) is 0 Å². The highest BCUT2D eigenvalue weighted by Gasteiger charge is 2.41. The van der Waals surface area contributed by atoms with Gasteiger partial charge >= 0.3 is 0 Å². The van der Waals surface area contributed by atoms with Crippen molar-refractivity contribution < 1.29 is 0 Å². The predicted molar refractivity (Wildman–Crippen MR) is 106 cm³/mol. The Kier molecular flexibility index (Phi) is 6.46. The van der Waals surface area contributed by atoms with Crippen molar-refractivity contribution in [1.29, 1.82) is 0 Å². The van der Waals surface area contributed by atoms with Gasteiger partial charge in [-0.1, -0.05) is 6.92 Å². The molecule has 4 atom stereocenters. The third-order valence-corrected chi connectivity index (χ3v) is 7.05. The lowest BCUT2D eigenvalue weighted by atomic mass is 9.84. The second-order valence-corrected chi connectivity index (χ2v) is 8.54. The molecule has 5 aliphatic heterocycles. The van der Waals surface area contributed by atoms with Crippen molar-refractivity contribution in [3.63, 3.8) is 0 Å². The van der Waals surface area contributed by atoms with E-state index in [0.717, 1.165) is 38.4 Å². The molecule has 0 radical (unpaired) electrons. The number of likely N-dealkylation sites (N-methyl/N-ethyl adjacent to an activating group) is 2. The lowest BCUT2D eigenvalue weighted by Crippen LogP contribution is -2.68. The zero-order valence-corrected chi connectivity index (χ0v) is 16.8. The number of nitrogens with one attached hydrogen (secondary N) is 3. The van der Waals surface area contributed by atoms with Crippen LogP contribution in [0.1, 0.15) is 19.8 Å². The molecule has 5 rings (SSSR count). The molecule has 26 heavy (non-hydrogen) atoms. The van der Waals surface area contributed by atoms with Crippen LogP contribution in [0, 0.1) is 0 Å². The lowest BCUT2D eigenvalue weighted by Gasteiger charge is -2.52. The number of fused-ring (bicyclic) bond motifs is 3. The quantitative estimate of drug-likeness (QED) is 0.333. The standard InChI is InChI=1S/C19H39N7/c1-3-24(19-14-23-8-10-26(19)11-9-23)15-21-5-7-25-6-4-18(25)17-12-16(22-17)13-20-2/h16-22H,3-15H2,1-2H3. The van der Waals surface area contributed by atoms with Gasteiger partial charge in [-0.05, 0) is 26.4 Å². The number of nitrogens with zero attached hydrogens (tertiary/aromatic N) is 4. The summed E-state index contributed by atoms with van der Waals surface area (Å²) in [5, 5.41) is 10.7. The highest BCUT2D eigenvalue weighted by atomic mass is 15.5. The van der Waals surface area contributed by atoms with Gasteiger partial charge in [-0.25, -0.2) is 0 Å². The Hall–Kier alpha value is -0.280. The monoisotopic (exact) mass is 365 g/mol. The van der Waals surface area contributed by atoms with Gasteiger partial charge in [-0.2, -0.15) is 0 Å². The molecule has 0 saturated carbocycles. The van der Waals surface area contributed by atoms with Gasteiger partial charge in [0.1, 0.15) is 0 Å². The molecule has 0 amide bonds. The van der Waals surface area contributed by atoms with Gasteiger partial charge in [-0.3, -0.25) is 19.6 Å². The van der Waals surface area contributed by atoms with Crippen LogP contribution in [-0.2, 0) is 0 Å². The molecule has 3 N–H and O–H groups in total. The van der Waals surface area contributed by atoms with Crippen molar-refractivity contribution in [1.82, 2.24) is 35.6 Å². The summed E-state index contributed by atoms with van der Waals surface area (Å²) in [4.78, 5) is 10.6. The molecular weight excluding hydrogens is 326 g/mol. The van der Waals surface area contributed by atoms with E-state index >= 15 is 0 Å². The van der Waals surface area contributed by atoms with Crippen LogP contribution in [-0.4, -0.2) is 123 Å². The van der Waals surface area contributed by atoms with E-state index in [1.165, 1.54) is 58.7 Å². The summed E-state index contributed by atoms with van der Waals surface area (Å²) in [6, 6.07) is 2.20. The Morgan fingerprint density at radius 2 is 1.96 bits per heavy atom. The molecule has 7 heteroatoms. The van der Waals surface area contributed by atoms with Gasteiger partial charge in [0.05, 0.1) is 6.17 Å². The van der Waals surface area contributed by atoms with Crippen molar-refractivity contribution in [2.45, 2.75) is 44.1 Å². The predicted octanol–water partition coefficient (Wildman–Crippen LogP) is -1.16. The third-order valence-electron chi connectivity index (χ3n) is 7.05. The second kappa shape index (κ2) is 8.82. The summed E-state index contributed by atoms with van der Waals surface area (Å²) in [5.41, 5.74) is 0. The SMILES string of the molecule is CCN(CNCCN1CCC1C1CC(CNC)N1)C1CN2CCN1CC2. The normalized spacial score (nSPS) is 39.8. The number of rotatable bonds is 10. The summed E-state index contributed by atoms with van der Waals surface area (Å²) in [5.74, 6) is 0. The smallest absolute Gasteiger partial charge is 0.0764 e. The van der Waals surface area contributed by atoms with E-state index < -0.39 is 0 Å². The molecule has 0 aromatic rings. The van der Waals surface area contributed by atoms with Gasteiger partial charge in [0.2, 0.25) is 0 Å². The minimum absolute atomic E-state index is 0.620. The molecule has 7 nitrogen and oxygen atoms in total. The summed E-state index contributed by atoms with van der Waals surface area (Å²) in [6.45, 7) is 15.4. The molecule has 2 bridgehead atoms. The third kappa shape index (κ3) is 4.09. The van der Waals surface area contributed by atoms with Crippen molar-refractivity contribution in [2.24, 2.45) is 0 Å². The minimum atomic E-state index is 0.620. The van der Waals surface area contributed by atoms with Crippen LogP contribution in [0.15, 0.2) is 0 Å². The van der Waals surface area contributed by atoms with E-state index in [2.05, 4.69) is 42.5 Å². The van der Waals surface area contributed by atoms with E-state index in [1.54, 1.807) is 0 Å². The maximum Gasteiger partial charge on any atom is 0.0764 e. The maximum atomic E-state index is 3.75. The Labute approximate surface area is 159 Å². The van der Waals surface area contributed by atoms with E-state index in [-0.39, 0.29) is 0 Å². The molecule has 5 aliphatic rings. The van der Waals surface area contributed by atoms with Crippen LogP contribution in [0.3, 0.4) is 0 Å². The van der Waals surface area contributed by atoms with Crippen LogP contribution in [0.2, 0.25) is 0 Å². The first-order valence-corrected chi connectivity index (χ1v) is 10.8. The van der Waals surface area contributed by atoms with Gasteiger partial charge < -0.3 is 16.0 Å². The fourth-order valence-corrected chi connectivity index (χ4v) is 5.25. The minimum Gasteiger partial charge on any atom is -0.318 e. The van der Waals surface area contributed by atoms with Crippen molar-refractivity contribution >= 4 is 0 Å². The van der Waals surface area contributed by atoms with Crippen molar-refractivity contribution in [2.75, 3.05) is 79.2 Å². The number of hydrogen-bond acceptors (Lipinski definition) is 7. The molecular formula is C19H39N7. The fourth-order valence-electron chi connectivity index (χ4n) is 5.25. The highest BCUT2D eigenvalue weighted by molar-refractivity contribution is 5.01. The van der Waals surface area contributed by atoms with E-state index in [1.807, 2.05) is 7.05 Å². The molecule has 0 aromatic carbocycles. The number of piperazine rings is 3. The molecule has 0 aromatic heterocycles. The Morgan fingerprint density at radius 3 is 2.54 bits per heavy atom. The fraction of sp³-hybridized carbons (Fsp3) is 1.00. The van der Waals surface area contributed by atoms with Crippen LogP contribution < -0.4 is 16.0 Å². The van der Waals surface area contributed by atoms with E-state index in [9.17, 15) is 0 Å². The zero-order chi connectivity index (χ0) is 17.9. The summed E-state index contributed by atoms with van der Waals surface area (Å²) >= 11 is 0. The first-order valence-electron chi connectivity index (χ1n) is 10.8. The highest BCUT2D eigenvalue weighted by Crippen LogP contribution is 2.27. The molecule has 5 saturated heterocycles.